The number of hydrogen-bond acceptors (Lipinski definition) is 3. The van der Waals surface area contributed by atoms with Gasteiger partial charge in [0.05, 0.1) is 4.90 Å². The van der Waals surface area contributed by atoms with Gasteiger partial charge < -0.3 is 5.32 Å². The molecule has 0 aliphatic carbocycles. The van der Waals surface area contributed by atoms with Crippen LogP contribution in [0.15, 0.2) is 29.2 Å². The van der Waals surface area contributed by atoms with Gasteiger partial charge >= 0.3 is 0 Å². The largest absolute Gasteiger partial charge is 0.313 e. The zero-order valence-corrected chi connectivity index (χ0v) is 10.3. The van der Waals surface area contributed by atoms with Crippen LogP contribution in [0.25, 0.3) is 0 Å². The molecular formula is C11H17N2O2S. The van der Waals surface area contributed by atoms with Gasteiger partial charge in [-0.15, -0.1) is 0 Å². The second kappa shape index (κ2) is 5.98. The predicted molar refractivity (Wildman–Crippen MR) is 63.6 cm³/mol. The average Bonchev–Trinajstić information content (AvgIpc) is 2.26. The van der Waals surface area contributed by atoms with E-state index >= 15 is 0 Å². The Morgan fingerprint density at radius 3 is 2.44 bits per heavy atom. The van der Waals surface area contributed by atoms with Crippen LogP contribution in [0.2, 0.25) is 0 Å². The molecule has 0 atom stereocenters. The first-order valence-electron chi connectivity index (χ1n) is 5.21. The van der Waals surface area contributed by atoms with Crippen molar-refractivity contribution in [3.63, 3.8) is 0 Å². The zero-order chi connectivity index (χ0) is 12.0. The molecule has 0 aromatic heterocycles. The molecule has 1 aromatic rings. The number of benzene rings is 1. The quantitative estimate of drug-likeness (QED) is 0.723. The SMILES string of the molecule is CC(C)NCCNS(=O)(=O)c1cc[c]cc1. The molecule has 2 N–H and O–H groups in total. The first kappa shape index (κ1) is 13.2. The molecule has 5 heteroatoms. The van der Waals surface area contributed by atoms with E-state index in [4.69, 9.17) is 0 Å². The van der Waals surface area contributed by atoms with Gasteiger partial charge in [0.25, 0.3) is 0 Å². The lowest BCUT2D eigenvalue weighted by Gasteiger charge is -2.09. The topological polar surface area (TPSA) is 58.2 Å². The lowest BCUT2D eigenvalue weighted by Crippen LogP contribution is -2.34. The molecule has 0 saturated heterocycles. The minimum absolute atomic E-state index is 0.274. The Bertz CT molecular complexity index is 401. The van der Waals surface area contributed by atoms with Gasteiger partial charge in [-0.1, -0.05) is 26.0 Å². The summed E-state index contributed by atoms with van der Waals surface area (Å²) < 4.78 is 26.0. The second-order valence-electron chi connectivity index (χ2n) is 3.74. The standard InChI is InChI=1S/C11H17N2O2S/c1-10(2)12-8-9-13-16(14,15)11-6-4-3-5-7-11/h4-7,10,12-13H,8-9H2,1-2H3. The summed E-state index contributed by atoms with van der Waals surface area (Å²) in [5.41, 5.74) is 0. The number of sulfonamides is 1. The van der Waals surface area contributed by atoms with Crippen molar-refractivity contribution < 1.29 is 8.42 Å². The van der Waals surface area contributed by atoms with Crippen molar-refractivity contribution in [3.05, 3.63) is 30.3 Å². The highest BCUT2D eigenvalue weighted by atomic mass is 32.2. The fourth-order valence-corrected chi connectivity index (χ4v) is 2.21. The van der Waals surface area contributed by atoms with Crippen molar-refractivity contribution in [3.8, 4) is 0 Å². The van der Waals surface area contributed by atoms with Crippen molar-refractivity contribution >= 4 is 10.0 Å². The maximum Gasteiger partial charge on any atom is 0.240 e. The Hall–Kier alpha value is -0.910. The zero-order valence-electron chi connectivity index (χ0n) is 9.53. The van der Waals surface area contributed by atoms with Gasteiger partial charge in [-0.2, -0.15) is 0 Å². The van der Waals surface area contributed by atoms with Crippen LogP contribution < -0.4 is 10.0 Å². The average molecular weight is 241 g/mol. The summed E-state index contributed by atoms with van der Waals surface area (Å²) in [6, 6.07) is 9.36. The highest BCUT2D eigenvalue weighted by Gasteiger charge is 2.11. The summed E-state index contributed by atoms with van der Waals surface area (Å²) in [5, 5.41) is 3.14. The van der Waals surface area contributed by atoms with Crippen LogP contribution in [0, 0.1) is 6.07 Å². The summed E-state index contributed by atoms with van der Waals surface area (Å²) in [4.78, 5) is 0.274. The van der Waals surface area contributed by atoms with E-state index in [9.17, 15) is 8.42 Å². The summed E-state index contributed by atoms with van der Waals surface area (Å²) in [6.07, 6.45) is 0. The third-order valence-corrected chi connectivity index (χ3v) is 3.44. The monoisotopic (exact) mass is 241 g/mol. The third-order valence-electron chi connectivity index (χ3n) is 1.97. The molecular weight excluding hydrogens is 224 g/mol. The maximum atomic E-state index is 11.7. The van der Waals surface area contributed by atoms with Crippen molar-refractivity contribution in [1.82, 2.24) is 10.0 Å². The summed E-state index contributed by atoms with van der Waals surface area (Å²) >= 11 is 0. The highest BCUT2D eigenvalue weighted by molar-refractivity contribution is 7.89. The van der Waals surface area contributed by atoms with E-state index in [-0.39, 0.29) is 4.90 Å². The van der Waals surface area contributed by atoms with Crippen LogP contribution >= 0.6 is 0 Å². The fraction of sp³-hybridized carbons (Fsp3) is 0.455. The van der Waals surface area contributed by atoms with E-state index in [1.807, 2.05) is 13.8 Å². The van der Waals surface area contributed by atoms with Crippen LogP contribution in [0.4, 0.5) is 0 Å². The Morgan fingerprint density at radius 1 is 1.25 bits per heavy atom. The molecule has 1 radical (unpaired) electrons. The second-order valence-corrected chi connectivity index (χ2v) is 5.51. The molecule has 0 spiro atoms. The van der Waals surface area contributed by atoms with Gasteiger partial charge in [-0.05, 0) is 18.2 Å². The van der Waals surface area contributed by atoms with Gasteiger partial charge in [0, 0.05) is 19.1 Å². The first-order chi connectivity index (χ1) is 7.52. The van der Waals surface area contributed by atoms with Gasteiger partial charge in [0.15, 0.2) is 0 Å². The van der Waals surface area contributed by atoms with Crippen LogP contribution in [0.3, 0.4) is 0 Å². The molecule has 0 aliphatic heterocycles. The third kappa shape index (κ3) is 4.30. The smallest absolute Gasteiger partial charge is 0.240 e. The van der Waals surface area contributed by atoms with E-state index in [0.29, 0.717) is 19.1 Å². The van der Waals surface area contributed by atoms with Crippen molar-refractivity contribution in [2.75, 3.05) is 13.1 Å². The van der Waals surface area contributed by atoms with E-state index < -0.39 is 10.0 Å². The lowest BCUT2D eigenvalue weighted by molar-refractivity contribution is 0.559. The molecule has 1 aromatic carbocycles. The molecule has 0 bridgehead atoms. The van der Waals surface area contributed by atoms with Crippen molar-refractivity contribution in [1.29, 1.82) is 0 Å². The molecule has 0 heterocycles. The van der Waals surface area contributed by atoms with Gasteiger partial charge in [-0.25, -0.2) is 13.1 Å². The summed E-state index contributed by atoms with van der Waals surface area (Å²) in [6.45, 7) is 5.04. The Morgan fingerprint density at radius 2 is 1.88 bits per heavy atom. The van der Waals surface area contributed by atoms with Crippen LogP contribution in [0.5, 0.6) is 0 Å². The molecule has 0 fully saturated rings. The van der Waals surface area contributed by atoms with Crippen molar-refractivity contribution in [2.45, 2.75) is 24.8 Å². The molecule has 0 aliphatic rings. The molecule has 0 saturated carbocycles. The Balaban J connectivity index is 2.48. The summed E-state index contributed by atoms with van der Waals surface area (Å²) in [7, 11) is -3.37. The van der Waals surface area contributed by atoms with Gasteiger partial charge in [0.2, 0.25) is 10.0 Å². The molecule has 16 heavy (non-hydrogen) atoms. The Kier molecular flexibility index (Phi) is 4.92. The van der Waals surface area contributed by atoms with Gasteiger partial charge in [0.1, 0.15) is 0 Å². The maximum absolute atomic E-state index is 11.7. The lowest BCUT2D eigenvalue weighted by atomic mass is 10.4. The summed E-state index contributed by atoms with van der Waals surface area (Å²) in [5.74, 6) is 0. The minimum Gasteiger partial charge on any atom is -0.313 e. The fourth-order valence-electron chi connectivity index (χ4n) is 1.18. The van der Waals surface area contributed by atoms with E-state index in [0.717, 1.165) is 0 Å². The molecule has 4 nitrogen and oxygen atoms in total. The van der Waals surface area contributed by atoms with Gasteiger partial charge in [-0.3, -0.25) is 0 Å². The molecule has 89 valence electrons. The van der Waals surface area contributed by atoms with Crippen LogP contribution in [0.1, 0.15) is 13.8 Å². The van der Waals surface area contributed by atoms with E-state index in [1.54, 1.807) is 12.1 Å². The predicted octanol–water partition coefficient (Wildman–Crippen LogP) is 0.763. The normalized spacial score (nSPS) is 11.9. The molecule has 0 unspecified atom stereocenters. The minimum atomic E-state index is -3.37. The number of hydrogen-bond donors (Lipinski definition) is 2. The van der Waals surface area contributed by atoms with Crippen LogP contribution in [-0.4, -0.2) is 27.5 Å². The number of rotatable bonds is 6. The van der Waals surface area contributed by atoms with Crippen LogP contribution in [-0.2, 0) is 10.0 Å². The number of nitrogens with one attached hydrogen (secondary N) is 2. The van der Waals surface area contributed by atoms with E-state index in [2.05, 4.69) is 16.1 Å². The molecule has 0 amide bonds. The first-order valence-corrected chi connectivity index (χ1v) is 6.70. The molecule has 1 rings (SSSR count). The highest BCUT2D eigenvalue weighted by Crippen LogP contribution is 2.05. The van der Waals surface area contributed by atoms with E-state index in [1.165, 1.54) is 12.1 Å². The van der Waals surface area contributed by atoms with Crippen molar-refractivity contribution in [2.24, 2.45) is 0 Å². The Labute approximate surface area is 97.1 Å².